The van der Waals surface area contributed by atoms with Gasteiger partial charge < -0.3 is 20.9 Å². The van der Waals surface area contributed by atoms with Gasteiger partial charge in [-0.15, -0.1) is 0 Å². The summed E-state index contributed by atoms with van der Waals surface area (Å²) in [5, 5.41) is 3.17. The Hall–Kier alpha value is -1.63. The van der Waals surface area contributed by atoms with Gasteiger partial charge in [0.25, 0.3) is 0 Å². The average Bonchev–Trinajstić information content (AvgIpc) is 2.63. The van der Waals surface area contributed by atoms with E-state index in [1.54, 1.807) is 0 Å². The van der Waals surface area contributed by atoms with E-state index in [9.17, 15) is 14.4 Å². The number of hydrogen-bond acceptors (Lipinski definition) is 4. The highest BCUT2D eigenvalue weighted by molar-refractivity contribution is 6.35. The molecule has 3 N–H and O–H groups in total. The summed E-state index contributed by atoms with van der Waals surface area (Å²) in [6, 6.07) is 0. The number of nitrogens with zero attached hydrogens (tertiary/aromatic N) is 2. The number of amides is 3. The first-order valence-corrected chi connectivity index (χ1v) is 6.99. The maximum absolute atomic E-state index is 12.2. The predicted octanol–water partition coefficient (Wildman–Crippen LogP) is -1.22. The summed E-state index contributed by atoms with van der Waals surface area (Å²) in [6.07, 6.45) is 0.818. The van der Waals surface area contributed by atoms with Crippen LogP contribution >= 0.6 is 0 Å². The number of carbonyl (C=O) groups is 3. The summed E-state index contributed by atoms with van der Waals surface area (Å²) < 4.78 is 0. The standard InChI is InChI=1S/C13H24N4O3/c1-10(2)8-17(9-11(14)18)13(20)12(19)16-6-3-4-15-5-7-16/h10,15H,3-9H2,1-2H3,(H2,14,18). The van der Waals surface area contributed by atoms with E-state index in [4.69, 9.17) is 5.73 Å². The topological polar surface area (TPSA) is 95.7 Å². The van der Waals surface area contributed by atoms with Crippen molar-refractivity contribution >= 4 is 17.7 Å². The van der Waals surface area contributed by atoms with Gasteiger partial charge >= 0.3 is 11.8 Å². The molecule has 0 aromatic rings. The Labute approximate surface area is 119 Å². The molecule has 1 saturated heterocycles. The van der Waals surface area contributed by atoms with Crippen LogP contribution in [0.1, 0.15) is 20.3 Å². The highest BCUT2D eigenvalue weighted by atomic mass is 16.2. The molecule has 0 aromatic heterocycles. The third-order valence-corrected chi connectivity index (χ3v) is 3.03. The molecule has 1 heterocycles. The number of nitrogens with two attached hydrogens (primary N) is 1. The summed E-state index contributed by atoms with van der Waals surface area (Å²) in [4.78, 5) is 38.3. The summed E-state index contributed by atoms with van der Waals surface area (Å²) in [6.45, 7) is 6.56. The second-order valence-electron chi connectivity index (χ2n) is 5.44. The third kappa shape index (κ3) is 5.16. The molecule has 3 amide bonds. The molecule has 1 aliphatic rings. The van der Waals surface area contributed by atoms with Gasteiger partial charge in [-0.25, -0.2) is 0 Å². The Balaban J connectivity index is 2.70. The lowest BCUT2D eigenvalue weighted by atomic mass is 10.2. The first kappa shape index (κ1) is 16.4. The van der Waals surface area contributed by atoms with Crippen molar-refractivity contribution in [2.24, 2.45) is 11.7 Å². The summed E-state index contributed by atoms with van der Waals surface area (Å²) in [5.74, 6) is -1.63. The Morgan fingerprint density at radius 2 is 1.95 bits per heavy atom. The van der Waals surface area contributed by atoms with Gasteiger partial charge in [-0.3, -0.25) is 14.4 Å². The van der Waals surface area contributed by atoms with Crippen molar-refractivity contribution in [3.8, 4) is 0 Å². The minimum absolute atomic E-state index is 0.164. The Morgan fingerprint density at radius 1 is 1.25 bits per heavy atom. The maximum atomic E-state index is 12.2. The van der Waals surface area contributed by atoms with Crippen molar-refractivity contribution in [2.75, 3.05) is 39.3 Å². The molecule has 7 nitrogen and oxygen atoms in total. The van der Waals surface area contributed by atoms with Crippen molar-refractivity contribution < 1.29 is 14.4 Å². The van der Waals surface area contributed by atoms with E-state index in [-0.39, 0.29) is 12.5 Å². The molecular weight excluding hydrogens is 260 g/mol. The lowest BCUT2D eigenvalue weighted by molar-refractivity contribution is -0.152. The van der Waals surface area contributed by atoms with Crippen LogP contribution in [0, 0.1) is 5.92 Å². The van der Waals surface area contributed by atoms with Gasteiger partial charge in [-0.2, -0.15) is 0 Å². The van der Waals surface area contributed by atoms with Crippen LogP contribution in [0.4, 0.5) is 0 Å². The van der Waals surface area contributed by atoms with Gasteiger partial charge in [0.05, 0.1) is 6.54 Å². The summed E-state index contributed by atoms with van der Waals surface area (Å²) >= 11 is 0. The normalized spacial score (nSPS) is 15.8. The van der Waals surface area contributed by atoms with Gasteiger partial charge in [0.1, 0.15) is 0 Å². The highest BCUT2D eigenvalue weighted by Gasteiger charge is 2.28. The zero-order valence-electron chi connectivity index (χ0n) is 12.2. The summed E-state index contributed by atoms with van der Waals surface area (Å²) in [7, 11) is 0. The van der Waals surface area contributed by atoms with E-state index in [1.807, 2.05) is 13.8 Å². The Kier molecular flexibility index (Phi) is 6.44. The molecule has 0 aliphatic carbocycles. The number of carbonyl (C=O) groups excluding carboxylic acids is 3. The van der Waals surface area contributed by atoms with E-state index in [1.165, 1.54) is 9.80 Å². The molecule has 1 fully saturated rings. The number of nitrogens with one attached hydrogen (secondary N) is 1. The van der Waals surface area contributed by atoms with Gasteiger partial charge in [-0.1, -0.05) is 13.8 Å². The van der Waals surface area contributed by atoms with Crippen LogP contribution in [0.2, 0.25) is 0 Å². The first-order valence-electron chi connectivity index (χ1n) is 6.99. The molecule has 0 atom stereocenters. The van der Waals surface area contributed by atoms with Crippen LogP contribution in [-0.4, -0.2) is 66.8 Å². The number of rotatable bonds is 4. The van der Waals surface area contributed by atoms with E-state index < -0.39 is 17.7 Å². The van der Waals surface area contributed by atoms with Crippen molar-refractivity contribution in [2.45, 2.75) is 20.3 Å². The van der Waals surface area contributed by atoms with Crippen molar-refractivity contribution in [3.05, 3.63) is 0 Å². The minimum atomic E-state index is -0.639. The predicted molar refractivity (Wildman–Crippen MR) is 74.7 cm³/mol. The molecule has 0 bridgehead atoms. The highest BCUT2D eigenvalue weighted by Crippen LogP contribution is 2.04. The largest absolute Gasteiger partial charge is 0.368 e. The van der Waals surface area contributed by atoms with E-state index in [0.717, 1.165) is 13.0 Å². The van der Waals surface area contributed by atoms with Gasteiger partial charge in [0.2, 0.25) is 5.91 Å². The minimum Gasteiger partial charge on any atom is -0.368 e. The second kappa shape index (κ2) is 7.84. The molecule has 114 valence electrons. The summed E-state index contributed by atoms with van der Waals surface area (Å²) in [5.41, 5.74) is 5.14. The van der Waals surface area contributed by atoms with Gasteiger partial charge in [0.15, 0.2) is 0 Å². The van der Waals surface area contributed by atoms with Crippen molar-refractivity contribution in [1.82, 2.24) is 15.1 Å². The Bertz CT molecular complexity index is 363. The average molecular weight is 284 g/mol. The SMILES string of the molecule is CC(C)CN(CC(N)=O)C(=O)C(=O)N1CCCNCC1. The van der Waals surface area contributed by atoms with Crippen molar-refractivity contribution in [1.29, 1.82) is 0 Å². The molecule has 0 unspecified atom stereocenters. The fourth-order valence-corrected chi connectivity index (χ4v) is 2.17. The van der Waals surface area contributed by atoms with E-state index in [2.05, 4.69) is 5.32 Å². The monoisotopic (exact) mass is 284 g/mol. The third-order valence-electron chi connectivity index (χ3n) is 3.03. The quantitative estimate of drug-likeness (QED) is 0.632. The van der Waals surface area contributed by atoms with Crippen LogP contribution in [0.25, 0.3) is 0 Å². The molecule has 0 aromatic carbocycles. The number of primary amides is 1. The fraction of sp³-hybridized carbons (Fsp3) is 0.769. The molecule has 7 heteroatoms. The van der Waals surface area contributed by atoms with E-state index in [0.29, 0.717) is 26.2 Å². The first-order chi connectivity index (χ1) is 9.41. The molecule has 1 rings (SSSR count). The smallest absolute Gasteiger partial charge is 0.312 e. The van der Waals surface area contributed by atoms with Crippen LogP contribution in [0.3, 0.4) is 0 Å². The molecule has 0 saturated carbocycles. The van der Waals surface area contributed by atoms with Crippen molar-refractivity contribution in [3.63, 3.8) is 0 Å². The Morgan fingerprint density at radius 3 is 2.55 bits per heavy atom. The van der Waals surface area contributed by atoms with E-state index >= 15 is 0 Å². The van der Waals surface area contributed by atoms with Crippen LogP contribution in [-0.2, 0) is 14.4 Å². The second-order valence-corrected chi connectivity index (χ2v) is 5.44. The van der Waals surface area contributed by atoms with Crippen LogP contribution in [0.15, 0.2) is 0 Å². The zero-order chi connectivity index (χ0) is 15.1. The fourth-order valence-electron chi connectivity index (χ4n) is 2.17. The lowest BCUT2D eigenvalue weighted by Crippen LogP contribution is -2.49. The maximum Gasteiger partial charge on any atom is 0.312 e. The lowest BCUT2D eigenvalue weighted by Gasteiger charge is -2.26. The van der Waals surface area contributed by atoms with Crippen LogP contribution in [0.5, 0.6) is 0 Å². The number of hydrogen-bond donors (Lipinski definition) is 2. The van der Waals surface area contributed by atoms with Crippen LogP contribution < -0.4 is 11.1 Å². The zero-order valence-corrected chi connectivity index (χ0v) is 12.2. The van der Waals surface area contributed by atoms with Gasteiger partial charge in [0, 0.05) is 26.2 Å². The van der Waals surface area contributed by atoms with Gasteiger partial charge in [-0.05, 0) is 18.9 Å². The molecule has 0 radical (unpaired) electrons. The molecule has 0 spiro atoms. The molecule has 20 heavy (non-hydrogen) atoms. The molecule has 1 aliphatic heterocycles. The molecular formula is C13H24N4O3.